The third kappa shape index (κ3) is 3.37. The molecule has 0 aliphatic rings. The monoisotopic (exact) mass is 399 g/mol. The molecule has 4 aromatic rings. The maximum atomic E-state index is 12.9. The van der Waals surface area contributed by atoms with Crippen molar-refractivity contribution >= 4 is 22.8 Å². The Balaban J connectivity index is 1.92. The topological polar surface area (TPSA) is 85.1 Å². The number of ketones is 1. The van der Waals surface area contributed by atoms with Crippen LogP contribution < -0.4 is 0 Å². The second-order valence-electron chi connectivity index (χ2n) is 7.51. The second kappa shape index (κ2) is 7.55. The molecule has 2 aromatic heterocycles. The van der Waals surface area contributed by atoms with Crippen molar-refractivity contribution in [3.05, 3.63) is 88.7 Å². The third-order valence-corrected chi connectivity index (χ3v) is 4.96. The summed E-state index contributed by atoms with van der Waals surface area (Å²) < 4.78 is 1.63. The Labute approximate surface area is 173 Å². The fraction of sp³-hybridized carbons (Fsp3) is 0.167. The molecule has 2 heterocycles. The summed E-state index contributed by atoms with van der Waals surface area (Å²) in [6.07, 6.45) is 0. The Morgan fingerprint density at radius 3 is 2.33 bits per heavy atom. The molecule has 1 N–H and O–H groups in total. The Bertz CT molecular complexity index is 1270. The lowest BCUT2D eigenvalue weighted by Gasteiger charge is -2.07. The van der Waals surface area contributed by atoms with Crippen molar-refractivity contribution in [3.63, 3.8) is 0 Å². The van der Waals surface area contributed by atoms with E-state index in [1.807, 2.05) is 38.1 Å². The molecule has 0 saturated carbocycles. The molecule has 0 fully saturated rings. The number of carbonyl (C=O) groups excluding carboxylic acids is 1. The Morgan fingerprint density at radius 2 is 1.67 bits per heavy atom. The van der Waals surface area contributed by atoms with Gasteiger partial charge in [0.25, 0.3) is 0 Å². The van der Waals surface area contributed by atoms with Gasteiger partial charge in [0.1, 0.15) is 0 Å². The van der Waals surface area contributed by atoms with Crippen LogP contribution in [0.3, 0.4) is 0 Å². The van der Waals surface area contributed by atoms with Gasteiger partial charge in [0.2, 0.25) is 0 Å². The highest BCUT2D eigenvalue weighted by atomic mass is 16.4. The van der Waals surface area contributed by atoms with Crippen LogP contribution in [0.1, 0.15) is 57.4 Å². The molecule has 0 aliphatic carbocycles. The van der Waals surface area contributed by atoms with E-state index in [1.165, 1.54) is 0 Å². The van der Waals surface area contributed by atoms with Gasteiger partial charge in [-0.3, -0.25) is 4.79 Å². The number of aromatic carboxylic acids is 1. The molecule has 30 heavy (non-hydrogen) atoms. The van der Waals surface area contributed by atoms with Crippen LogP contribution in [-0.4, -0.2) is 31.6 Å². The number of hydrogen-bond donors (Lipinski definition) is 1. The van der Waals surface area contributed by atoms with Crippen molar-refractivity contribution in [3.8, 4) is 5.69 Å². The summed E-state index contributed by atoms with van der Waals surface area (Å²) in [7, 11) is 0. The van der Waals surface area contributed by atoms with Gasteiger partial charge in [-0.25, -0.2) is 14.5 Å². The van der Waals surface area contributed by atoms with Gasteiger partial charge in [-0.1, -0.05) is 56.3 Å². The van der Waals surface area contributed by atoms with Crippen LogP contribution in [0.2, 0.25) is 0 Å². The minimum Gasteiger partial charge on any atom is -0.478 e. The van der Waals surface area contributed by atoms with Crippen LogP contribution in [-0.2, 0) is 0 Å². The molecule has 6 heteroatoms. The van der Waals surface area contributed by atoms with Gasteiger partial charge in [0.05, 0.1) is 22.3 Å². The van der Waals surface area contributed by atoms with Gasteiger partial charge < -0.3 is 5.11 Å². The average Bonchev–Trinajstić information content (AvgIpc) is 3.13. The van der Waals surface area contributed by atoms with E-state index in [1.54, 1.807) is 48.0 Å². The molecule has 0 amide bonds. The zero-order valence-electron chi connectivity index (χ0n) is 17.0. The van der Waals surface area contributed by atoms with Crippen molar-refractivity contribution in [2.24, 2.45) is 0 Å². The SMILES string of the molecule is Cc1cc(C(=O)O)c2c(C(C)C)nn(-c3cccc(C(=O)c4ccccc4)c3)c2n1. The maximum Gasteiger partial charge on any atom is 0.336 e. The van der Waals surface area contributed by atoms with E-state index >= 15 is 0 Å². The molecule has 0 unspecified atom stereocenters. The fourth-order valence-corrected chi connectivity index (χ4v) is 3.56. The number of nitrogens with zero attached hydrogens (tertiary/aromatic N) is 3. The summed E-state index contributed by atoms with van der Waals surface area (Å²) in [5.74, 6) is -1.10. The fourth-order valence-electron chi connectivity index (χ4n) is 3.56. The summed E-state index contributed by atoms with van der Waals surface area (Å²) >= 11 is 0. The lowest BCUT2D eigenvalue weighted by Crippen LogP contribution is -2.05. The molecule has 0 bridgehead atoms. The average molecular weight is 399 g/mol. The Hall–Kier alpha value is -3.80. The number of carboxylic acid groups (broad SMARTS) is 1. The number of hydrogen-bond acceptors (Lipinski definition) is 4. The standard InChI is InChI=1S/C24H21N3O3/c1-14(2)21-20-19(24(29)30)12-15(3)25-23(20)27(26-21)18-11-7-10-17(13-18)22(28)16-8-5-4-6-9-16/h4-14H,1-3H3,(H,29,30). The van der Waals surface area contributed by atoms with Crippen molar-refractivity contribution in [1.82, 2.24) is 14.8 Å². The lowest BCUT2D eigenvalue weighted by molar-refractivity contribution is 0.0698. The van der Waals surface area contributed by atoms with E-state index in [4.69, 9.17) is 5.10 Å². The van der Waals surface area contributed by atoms with Crippen LogP contribution in [0.25, 0.3) is 16.7 Å². The number of carbonyl (C=O) groups is 2. The predicted octanol–water partition coefficient (Wildman–Crippen LogP) is 4.78. The zero-order chi connectivity index (χ0) is 21.4. The molecule has 0 radical (unpaired) electrons. The highest BCUT2D eigenvalue weighted by Gasteiger charge is 2.23. The quantitative estimate of drug-likeness (QED) is 0.488. The molecular weight excluding hydrogens is 378 g/mol. The molecule has 6 nitrogen and oxygen atoms in total. The van der Waals surface area contributed by atoms with Gasteiger partial charge >= 0.3 is 5.97 Å². The van der Waals surface area contributed by atoms with Crippen molar-refractivity contribution in [1.29, 1.82) is 0 Å². The first-order chi connectivity index (χ1) is 14.4. The third-order valence-electron chi connectivity index (χ3n) is 4.96. The van der Waals surface area contributed by atoms with Crippen LogP contribution in [0.15, 0.2) is 60.7 Å². The lowest BCUT2D eigenvalue weighted by atomic mass is 10.0. The summed E-state index contributed by atoms with van der Waals surface area (Å²) in [5.41, 5.74) is 3.69. The van der Waals surface area contributed by atoms with E-state index in [0.717, 1.165) is 0 Å². The summed E-state index contributed by atoms with van der Waals surface area (Å²) in [6.45, 7) is 5.69. The number of carboxylic acids is 1. The van der Waals surface area contributed by atoms with E-state index < -0.39 is 5.97 Å². The van der Waals surface area contributed by atoms with Gasteiger partial charge in [-0.2, -0.15) is 5.10 Å². The zero-order valence-corrected chi connectivity index (χ0v) is 17.0. The van der Waals surface area contributed by atoms with Gasteiger partial charge in [-0.05, 0) is 31.0 Å². The highest BCUT2D eigenvalue weighted by molar-refractivity contribution is 6.09. The molecule has 0 atom stereocenters. The largest absolute Gasteiger partial charge is 0.478 e. The van der Waals surface area contributed by atoms with Crippen molar-refractivity contribution in [2.75, 3.05) is 0 Å². The number of aryl methyl sites for hydroxylation is 1. The molecule has 0 spiro atoms. The first kappa shape index (κ1) is 19.5. The maximum absolute atomic E-state index is 12.9. The van der Waals surface area contributed by atoms with E-state index in [2.05, 4.69) is 4.98 Å². The minimum absolute atomic E-state index is 0.00508. The van der Waals surface area contributed by atoms with E-state index in [-0.39, 0.29) is 17.3 Å². The molecule has 150 valence electrons. The summed E-state index contributed by atoms with van der Waals surface area (Å²) in [5, 5.41) is 15.0. The highest BCUT2D eigenvalue weighted by Crippen LogP contribution is 2.30. The van der Waals surface area contributed by atoms with Crippen molar-refractivity contribution in [2.45, 2.75) is 26.7 Å². The second-order valence-corrected chi connectivity index (χ2v) is 7.51. The molecule has 4 rings (SSSR count). The number of benzene rings is 2. The van der Waals surface area contributed by atoms with Crippen LogP contribution in [0.5, 0.6) is 0 Å². The number of rotatable bonds is 5. The first-order valence-corrected chi connectivity index (χ1v) is 9.70. The Kier molecular flexibility index (Phi) is 4.91. The molecule has 0 aliphatic heterocycles. The molecule has 2 aromatic carbocycles. The van der Waals surface area contributed by atoms with Crippen LogP contribution in [0, 0.1) is 6.92 Å². The van der Waals surface area contributed by atoms with E-state index in [9.17, 15) is 14.7 Å². The van der Waals surface area contributed by atoms with Gasteiger partial charge in [-0.15, -0.1) is 0 Å². The summed E-state index contributed by atoms with van der Waals surface area (Å²) in [6, 6.07) is 17.8. The van der Waals surface area contributed by atoms with Gasteiger partial charge in [0, 0.05) is 16.8 Å². The van der Waals surface area contributed by atoms with Crippen molar-refractivity contribution < 1.29 is 14.7 Å². The normalized spacial score (nSPS) is 11.2. The minimum atomic E-state index is -1.01. The molecular formula is C24H21N3O3. The van der Waals surface area contributed by atoms with Gasteiger partial charge in [0.15, 0.2) is 11.4 Å². The van der Waals surface area contributed by atoms with Crippen LogP contribution in [0.4, 0.5) is 0 Å². The first-order valence-electron chi connectivity index (χ1n) is 9.70. The number of aromatic nitrogens is 3. The van der Waals surface area contributed by atoms with Crippen LogP contribution >= 0.6 is 0 Å². The predicted molar refractivity (Wildman–Crippen MR) is 115 cm³/mol. The number of pyridine rings is 1. The number of fused-ring (bicyclic) bond motifs is 1. The molecule has 0 saturated heterocycles. The van der Waals surface area contributed by atoms with E-state index in [0.29, 0.717) is 39.2 Å². The smallest absolute Gasteiger partial charge is 0.336 e. The Morgan fingerprint density at radius 1 is 0.967 bits per heavy atom. The summed E-state index contributed by atoms with van der Waals surface area (Å²) in [4.78, 5) is 29.3.